The Labute approximate surface area is 101 Å². The largest absolute Gasteiger partial charge is 0.320 e. The molecule has 0 fully saturated rings. The molecule has 1 heterocycles. The van der Waals surface area contributed by atoms with Crippen LogP contribution in [0.5, 0.6) is 0 Å². The summed E-state index contributed by atoms with van der Waals surface area (Å²) in [6.07, 6.45) is 0.634. The molecule has 1 aromatic heterocycles. The maximum Gasteiger partial charge on any atom is 0.211 e. The molecular weight excluding hydrogens is 244 g/mol. The van der Waals surface area contributed by atoms with Crippen LogP contribution in [0.2, 0.25) is 0 Å². The van der Waals surface area contributed by atoms with Crippen molar-refractivity contribution in [3.63, 3.8) is 0 Å². The van der Waals surface area contributed by atoms with Crippen LogP contribution in [0.25, 0.3) is 0 Å². The topological polar surface area (TPSA) is 58.2 Å². The van der Waals surface area contributed by atoms with Crippen molar-refractivity contribution in [1.29, 1.82) is 0 Å². The number of nitrogens with one attached hydrogen (secondary N) is 2. The van der Waals surface area contributed by atoms with Gasteiger partial charge in [0.2, 0.25) is 10.0 Å². The van der Waals surface area contributed by atoms with Crippen molar-refractivity contribution in [2.45, 2.75) is 19.9 Å². The van der Waals surface area contributed by atoms with Crippen LogP contribution in [0.4, 0.5) is 0 Å². The van der Waals surface area contributed by atoms with Crippen molar-refractivity contribution in [1.82, 2.24) is 10.0 Å². The van der Waals surface area contributed by atoms with Crippen molar-refractivity contribution >= 4 is 21.4 Å². The number of sulfonamides is 1. The SMILES string of the molecule is CNCCCS(=O)(=O)NCc1ccc(C)s1. The highest BCUT2D eigenvalue weighted by molar-refractivity contribution is 7.89. The van der Waals surface area contributed by atoms with E-state index in [1.54, 1.807) is 11.3 Å². The Morgan fingerprint density at radius 1 is 1.38 bits per heavy atom. The number of thiophene rings is 1. The lowest BCUT2D eigenvalue weighted by Gasteiger charge is -2.05. The summed E-state index contributed by atoms with van der Waals surface area (Å²) in [5.74, 6) is 0.179. The normalized spacial score (nSPS) is 11.9. The third-order valence-corrected chi connectivity index (χ3v) is 4.51. The van der Waals surface area contributed by atoms with E-state index in [4.69, 9.17) is 0 Å². The van der Waals surface area contributed by atoms with Crippen molar-refractivity contribution in [2.24, 2.45) is 0 Å². The van der Waals surface area contributed by atoms with Gasteiger partial charge in [-0.05, 0) is 39.1 Å². The first-order valence-corrected chi connectivity index (χ1v) is 7.67. The molecule has 0 atom stereocenters. The molecule has 4 nitrogen and oxygen atoms in total. The second kappa shape index (κ2) is 6.34. The molecule has 0 unspecified atom stereocenters. The predicted molar refractivity (Wildman–Crippen MR) is 68.2 cm³/mol. The number of hydrogen-bond acceptors (Lipinski definition) is 4. The second-order valence-corrected chi connectivity index (χ2v) is 6.91. The van der Waals surface area contributed by atoms with E-state index in [1.807, 2.05) is 26.1 Å². The summed E-state index contributed by atoms with van der Waals surface area (Å²) < 4.78 is 25.7. The zero-order valence-corrected chi connectivity index (χ0v) is 11.2. The molecule has 0 amide bonds. The molecule has 16 heavy (non-hydrogen) atoms. The van der Waals surface area contributed by atoms with Crippen molar-refractivity contribution in [3.8, 4) is 0 Å². The first-order valence-electron chi connectivity index (χ1n) is 5.21. The summed E-state index contributed by atoms with van der Waals surface area (Å²) in [7, 11) is -1.31. The van der Waals surface area contributed by atoms with Crippen molar-refractivity contribution < 1.29 is 8.42 Å². The van der Waals surface area contributed by atoms with Crippen molar-refractivity contribution in [2.75, 3.05) is 19.3 Å². The second-order valence-electron chi connectivity index (χ2n) is 3.61. The molecule has 0 spiro atoms. The molecule has 0 radical (unpaired) electrons. The van der Waals surface area contributed by atoms with Crippen LogP contribution in [-0.2, 0) is 16.6 Å². The van der Waals surface area contributed by atoms with E-state index in [2.05, 4.69) is 10.0 Å². The Bertz CT molecular complexity index is 412. The van der Waals surface area contributed by atoms with E-state index in [0.717, 1.165) is 11.4 Å². The number of rotatable bonds is 7. The first-order chi connectivity index (χ1) is 7.53. The molecule has 0 aromatic carbocycles. The van der Waals surface area contributed by atoms with E-state index in [0.29, 0.717) is 13.0 Å². The van der Waals surface area contributed by atoms with E-state index in [9.17, 15) is 8.42 Å². The highest BCUT2D eigenvalue weighted by atomic mass is 32.2. The van der Waals surface area contributed by atoms with Crippen LogP contribution in [-0.4, -0.2) is 27.8 Å². The molecular formula is C10H18N2O2S2. The van der Waals surface area contributed by atoms with Gasteiger partial charge in [0, 0.05) is 16.3 Å². The monoisotopic (exact) mass is 262 g/mol. The fourth-order valence-corrected chi connectivity index (χ4v) is 3.24. The molecule has 0 bridgehead atoms. The Balaban J connectivity index is 2.36. The van der Waals surface area contributed by atoms with Gasteiger partial charge in [0.15, 0.2) is 0 Å². The molecule has 2 N–H and O–H groups in total. The van der Waals surface area contributed by atoms with E-state index in [-0.39, 0.29) is 5.75 Å². The van der Waals surface area contributed by atoms with Gasteiger partial charge in [-0.3, -0.25) is 0 Å². The molecule has 1 rings (SSSR count). The van der Waals surface area contributed by atoms with Gasteiger partial charge in [-0.2, -0.15) is 0 Å². The van der Waals surface area contributed by atoms with Crippen LogP contribution in [0, 0.1) is 6.92 Å². The molecule has 6 heteroatoms. The van der Waals surface area contributed by atoms with Crippen molar-refractivity contribution in [3.05, 3.63) is 21.9 Å². The maximum absolute atomic E-state index is 11.6. The fraction of sp³-hybridized carbons (Fsp3) is 0.600. The lowest BCUT2D eigenvalue weighted by atomic mass is 10.4. The molecule has 0 aliphatic carbocycles. The smallest absolute Gasteiger partial charge is 0.211 e. The summed E-state index contributed by atoms with van der Waals surface area (Å²) in [4.78, 5) is 2.25. The average molecular weight is 262 g/mol. The molecule has 0 saturated carbocycles. The highest BCUT2D eigenvalue weighted by Gasteiger charge is 2.09. The van der Waals surface area contributed by atoms with Gasteiger partial charge in [0.05, 0.1) is 5.75 Å². The van der Waals surface area contributed by atoms with Gasteiger partial charge < -0.3 is 5.32 Å². The van der Waals surface area contributed by atoms with Crippen LogP contribution in [0.1, 0.15) is 16.2 Å². The molecule has 1 aromatic rings. The molecule has 0 aliphatic heterocycles. The first kappa shape index (κ1) is 13.6. The minimum atomic E-state index is -3.13. The standard InChI is InChI=1S/C10H18N2O2S2/c1-9-4-5-10(15-9)8-12-16(13,14)7-3-6-11-2/h4-5,11-12H,3,6-8H2,1-2H3. The van der Waals surface area contributed by atoms with Gasteiger partial charge in [0.25, 0.3) is 0 Å². The number of aryl methyl sites for hydroxylation is 1. The van der Waals surface area contributed by atoms with Gasteiger partial charge in [0.1, 0.15) is 0 Å². The molecule has 0 aliphatic rings. The van der Waals surface area contributed by atoms with Gasteiger partial charge in [-0.1, -0.05) is 0 Å². The van der Waals surface area contributed by atoms with Gasteiger partial charge in [-0.25, -0.2) is 13.1 Å². The summed E-state index contributed by atoms with van der Waals surface area (Å²) in [6.45, 7) is 3.13. The van der Waals surface area contributed by atoms with Crippen LogP contribution >= 0.6 is 11.3 Å². The van der Waals surface area contributed by atoms with E-state index < -0.39 is 10.0 Å². The maximum atomic E-state index is 11.6. The van der Waals surface area contributed by atoms with E-state index >= 15 is 0 Å². The quantitative estimate of drug-likeness (QED) is 0.723. The zero-order chi connectivity index (χ0) is 12.0. The summed E-state index contributed by atoms with van der Waals surface area (Å²) in [5.41, 5.74) is 0. The minimum Gasteiger partial charge on any atom is -0.320 e. The average Bonchev–Trinajstić information content (AvgIpc) is 2.62. The lowest BCUT2D eigenvalue weighted by molar-refractivity contribution is 0.577. The van der Waals surface area contributed by atoms with Gasteiger partial charge >= 0.3 is 0 Å². The Hall–Kier alpha value is -0.430. The van der Waals surface area contributed by atoms with Gasteiger partial charge in [-0.15, -0.1) is 11.3 Å². The fourth-order valence-electron chi connectivity index (χ4n) is 1.27. The Kier molecular flexibility index (Phi) is 5.40. The predicted octanol–water partition coefficient (Wildman–Crippen LogP) is 1.09. The zero-order valence-electron chi connectivity index (χ0n) is 9.62. The summed E-state index contributed by atoms with van der Waals surface area (Å²) in [6, 6.07) is 3.95. The van der Waals surface area contributed by atoms with E-state index in [1.165, 1.54) is 4.88 Å². The van der Waals surface area contributed by atoms with Crippen LogP contribution in [0.3, 0.4) is 0 Å². The summed E-state index contributed by atoms with van der Waals surface area (Å²) >= 11 is 1.62. The Morgan fingerprint density at radius 3 is 2.69 bits per heavy atom. The highest BCUT2D eigenvalue weighted by Crippen LogP contribution is 2.14. The van der Waals surface area contributed by atoms with Crippen LogP contribution < -0.4 is 10.0 Å². The Morgan fingerprint density at radius 2 is 2.12 bits per heavy atom. The molecule has 92 valence electrons. The summed E-state index contributed by atoms with van der Waals surface area (Å²) in [5, 5.41) is 2.93. The minimum absolute atomic E-state index is 0.179. The third kappa shape index (κ3) is 5.07. The lowest BCUT2D eigenvalue weighted by Crippen LogP contribution is -2.27. The van der Waals surface area contributed by atoms with Crippen LogP contribution in [0.15, 0.2) is 12.1 Å². The molecule has 0 saturated heterocycles. The third-order valence-electron chi connectivity index (χ3n) is 2.10. The number of hydrogen-bond donors (Lipinski definition) is 2.